The Balaban J connectivity index is 1.53. The summed E-state index contributed by atoms with van der Waals surface area (Å²) in [4.78, 5) is 14.8. The van der Waals surface area contributed by atoms with Crippen molar-refractivity contribution >= 4 is 44.9 Å². The molecule has 0 spiro atoms. The van der Waals surface area contributed by atoms with E-state index in [4.69, 9.17) is 17.0 Å². The number of rotatable bonds is 5. The third-order valence-electron chi connectivity index (χ3n) is 4.46. The van der Waals surface area contributed by atoms with Crippen LogP contribution in [0.25, 0.3) is 0 Å². The summed E-state index contributed by atoms with van der Waals surface area (Å²) in [5.41, 5.74) is 2.62. The zero-order valence-corrected chi connectivity index (χ0v) is 17.5. The first-order valence-corrected chi connectivity index (χ1v) is 10.0. The molecule has 0 unspecified atom stereocenters. The van der Waals surface area contributed by atoms with Crippen LogP contribution in [0.3, 0.4) is 0 Å². The van der Waals surface area contributed by atoms with Gasteiger partial charge in [-0.2, -0.15) is 0 Å². The molecule has 1 fully saturated rings. The molecule has 1 aliphatic rings. The Morgan fingerprint density at radius 3 is 2.52 bits per heavy atom. The zero-order chi connectivity index (χ0) is 19.2. The van der Waals surface area contributed by atoms with E-state index in [1.54, 1.807) is 25.3 Å². The minimum atomic E-state index is -0.276. The fourth-order valence-corrected chi connectivity index (χ4v) is 3.79. The molecular weight excluding hydrogens is 426 g/mol. The van der Waals surface area contributed by atoms with Crippen molar-refractivity contribution in [3.05, 3.63) is 58.1 Å². The predicted molar refractivity (Wildman–Crippen MR) is 115 cm³/mol. The number of nitrogens with one attached hydrogen (secondary N) is 2. The number of thiocarbonyl (C=S) groups is 1. The Morgan fingerprint density at radius 1 is 1.19 bits per heavy atom. The maximum Gasteiger partial charge on any atom is 0.257 e. The van der Waals surface area contributed by atoms with Crippen LogP contribution in [0.1, 0.15) is 28.8 Å². The van der Waals surface area contributed by atoms with E-state index in [1.165, 1.54) is 31.5 Å². The Labute approximate surface area is 173 Å². The normalized spacial score (nSPS) is 14.0. The van der Waals surface area contributed by atoms with Crippen molar-refractivity contribution in [3.63, 3.8) is 0 Å². The summed E-state index contributed by atoms with van der Waals surface area (Å²) in [6.07, 6.45) is 2.58. The lowest BCUT2D eigenvalue weighted by Crippen LogP contribution is -2.34. The van der Waals surface area contributed by atoms with Gasteiger partial charge >= 0.3 is 0 Å². The van der Waals surface area contributed by atoms with E-state index in [2.05, 4.69) is 43.6 Å². The SMILES string of the molecule is COc1ccc(C(=O)NC(=S)Nc2ccc(CN3CCCC3)cc2)cc1Br. The van der Waals surface area contributed by atoms with Crippen molar-refractivity contribution in [2.24, 2.45) is 0 Å². The summed E-state index contributed by atoms with van der Waals surface area (Å²) < 4.78 is 5.88. The summed E-state index contributed by atoms with van der Waals surface area (Å²) >= 11 is 8.63. The number of amides is 1. The van der Waals surface area contributed by atoms with Crippen molar-refractivity contribution in [2.75, 3.05) is 25.5 Å². The Bertz CT molecular complexity index is 820. The van der Waals surface area contributed by atoms with Crippen molar-refractivity contribution in [3.8, 4) is 5.75 Å². The minimum Gasteiger partial charge on any atom is -0.496 e. The van der Waals surface area contributed by atoms with Gasteiger partial charge in [0.05, 0.1) is 11.6 Å². The molecule has 1 saturated heterocycles. The number of anilines is 1. The summed E-state index contributed by atoms with van der Waals surface area (Å²) in [7, 11) is 1.58. The molecule has 2 N–H and O–H groups in total. The molecule has 0 bridgehead atoms. The van der Waals surface area contributed by atoms with Crippen LogP contribution in [0.4, 0.5) is 5.69 Å². The first-order valence-electron chi connectivity index (χ1n) is 8.82. The monoisotopic (exact) mass is 447 g/mol. The second-order valence-corrected chi connectivity index (χ2v) is 7.70. The molecule has 0 atom stereocenters. The highest BCUT2D eigenvalue weighted by atomic mass is 79.9. The number of benzene rings is 2. The highest BCUT2D eigenvalue weighted by Gasteiger charge is 2.12. The second kappa shape index (κ2) is 9.30. The summed E-state index contributed by atoms with van der Waals surface area (Å²) in [5.74, 6) is 0.391. The van der Waals surface area contributed by atoms with E-state index in [1.807, 2.05) is 12.1 Å². The number of hydrogen-bond donors (Lipinski definition) is 2. The van der Waals surface area contributed by atoms with E-state index in [0.29, 0.717) is 15.8 Å². The number of halogens is 1. The first kappa shape index (κ1) is 19.8. The van der Waals surface area contributed by atoms with Gasteiger partial charge in [0.15, 0.2) is 5.11 Å². The van der Waals surface area contributed by atoms with Crippen molar-refractivity contribution in [1.29, 1.82) is 0 Å². The fraction of sp³-hybridized carbons (Fsp3) is 0.300. The lowest BCUT2D eigenvalue weighted by atomic mass is 10.2. The van der Waals surface area contributed by atoms with Gasteiger partial charge in [0.25, 0.3) is 5.91 Å². The van der Waals surface area contributed by atoms with Gasteiger partial charge in [-0.15, -0.1) is 0 Å². The maximum atomic E-state index is 12.3. The van der Waals surface area contributed by atoms with Crippen molar-refractivity contribution < 1.29 is 9.53 Å². The molecule has 0 aromatic heterocycles. The Hall–Kier alpha value is -1.96. The van der Waals surface area contributed by atoms with E-state index in [9.17, 15) is 4.79 Å². The van der Waals surface area contributed by atoms with Crippen LogP contribution >= 0.6 is 28.1 Å². The van der Waals surface area contributed by atoms with Gasteiger partial charge in [-0.25, -0.2) is 0 Å². The van der Waals surface area contributed by atoms with Gasteiger partial charge in [-0.05, 0) is 90.0 Å². The van der Waals surface area contributed by atoms with Crippen LogP contribution in [0, 0.1) is 0 Å². The number of methoxy groups -OCH3 is 1. The number of likely N-dealkylation sites (tertiary alicyclic amines) is 1. The third kappa shape index (κ3) is 5.51. The molecule has 1 aliphatic heterocycles. The van der Waals surface area contributed by atoms with E-state index in [-0.39, 0.29) is 11.0 Å². The van der Waals surface area contributed by atoms with E-state index >= 15 is 0 Å². The molecule has 3 rings (SSSR count). The molecular formula is C20H22BrN3O2S. The zero-order valence-electron chi connectivity index (χ0n) is 15.1. The predicted octanol–water partition coefficient (Wildman–Crippen LogP) is 4.18. The third-order valence-corrected chi connectivity index (χ3v) is 5.28. The molecule has 0 aliphatic carbocycles. The highest BCUT2D eigenvalue weighted by molar-refractivity contribution is 9.10. The van der Waals surface area contributed by atoms with Gasteiger partial charge in [0.2, 0.25) is 0 Å². The smallest absolute Gasteiger partial charge is 0.257 e. The molecule has 5 nitrogen and oxygen atoms in total. The molecule has 1 heterocycles. The van der Waals surface area contributed by atoms with E-state index < -0.39 is 0 Å². The van der Waals surface area contributed by atoms with Gasteiger partial charge in [0, 0.05) is 17.8 Å². The molecule has 2 aromatic rings. The lowest BCUT2D eigenvalue weighted by molar-refractivity contribution is 0.0977. The number of carbonyl (C=O) groups is 1. The Morgan fingerprint density at radius 2 is 1.89 bits per heavy atom. The maximum absolute atomic E-state index is 12.3. The largest absolute Gasteiger partial charge is 0.496 e. The highest BCUT2D eigenvalue weighted by Crippen LogP contribution is 2.25. The fourth-order valence-electron chi connectivity index (χ4n) is 3.04. The van der Waals surface area contributed by atoms with Gasteiger partial charge < -0.3 is 10.1 Å². The number of hydrogen-bond acceptors (Lipinski definition) is 4. The van der Waals surface area contributed by atoms with E-state index in [0.717, 1.165) is 12.2 Å². The quantitative estimate of drug-likeness (QED) is 0.673. The van der Waals surface area contributed by atoms with Crippen LogP contribution in [-0.2, 0) is 6.54 Å². The second-order valence-electron chi connectivity index (χ2n) is 6.44. The first-order chi connectivity index (χ1) is 13.0. The topological polar surface area (TPSA) is 53.6 Å². The standard InChI is InChI=1S/C20H22BrN3O2S/c1-26-18-9-6-15(12-17(18)21)19(25)23-20(27)22-16-7-4-14(5-8-16)13-24-10-2-3-11-24/h4-9,12H,2-3,10-11,13H2,1H3,(H2,22,23,25,27). The summed E-state index contributed by atoms with van der Waals surface area (Å²) in [6.45, 7) is 3.34. The van der Waals surface area contributed by atoms with Crippen LogP contribution in [0.15, 0.2) is 46.9 Å². The van der Waals surface area contributed by atoms with Crippen LogP contribution in [0.5, 0.6) is 5.75 Å². The average molecular weight is 448 g/mol. The van der Waals surface area contributed by atoms with Gasteiger partial charge in [0.1, 0.15) is 5.75 Å². The lowest BCUT2D eigenvalue weighted by Gasteiger charge is -2.15. The van der Waals surface area contributed by atoms with Gasteiger partial charge in [-0.1, -0.05) is 12.1 Å². The molecule has 0 radical (unpaired) electrons. The van der Waals surface area contributed by atoms with Crippen molar-refractivity contribution in [1.82, 2.24) is 10.2 Å². The summed E-state index contributed by atoms with van der Waals surface area (Å²) in [6, 6.07) is 13.3. The Kier molecular flexibility index (Phi) is 6.82. The average Bonchev–Trinajstić information content (AvgIpc) is 3.16. The molecule has 142 valence electrons. The number of ether oxygens (including phenoxy) is 1. The van der Waals surface area contributed by atoms with Crippen molar-refractivity contribution in [2.45, 2.75) is 19.4 Å². The number of carbonyl (C=O) groups excluding carboxylic acids is 1. The molecule has 1 amide bonds. The molecule has 27 heavy (non-hydrogen) atoms. The number of nitrogens with zero attached hydrogens (tertiary/aromatic N) is 1. The van der Waals surface area contributed by atoms with Crippen LogP contribution < -0.4 is 15.4 Å². The van der Waals surface area contributed by atoms with Crippen LogP contribution in [0.2, 0.25) is 0 Å². The molecule has 2 aromatic carbocycles. The molecule has 7 heteroatoms. The molecule has 0 saturated carbocycles. The summed E-state index contributed by atoms with van der Waals surface area (Å²) in [5, 5.41) is 6.01. The minimum absolute atomic E-state index is 0.263. The van der Waals surface area contributed by atoms with Crippen LogP contribution in [-0.4, -0.2) is 36.1 Å². The van der Waals surface area contributed by atoms with Gasteiger partial charge in [-0.3, -0.25) is 15.0 Å².